The molecule has 2 rings (SSSR count). The van der Waals surface area contributed by atoms with Gasteiger partial charge < -0.3 is 41.8 Å². The molecule has 4 atom stereocenters. The number of nitrogens with one attached hydrogen (secondary N) is 4. The number of carbonyl (C=O) groups excluding carboxylic acids is 8. The fourth-order valence-corrected chi connectivity index (χ4v) is 4.82. The SMILES string of the molecule is CC(C)C[C@@H]1NC(=O)CCC(=O)[C@@H]2CCCN2C(=O)[C@H](CCC(=O)[O-])NC(=O)CNC(=O)[C@H](CCC(N)=O)NC1=O. The molecule has 0 bridgehead atoms. The third-order valence-corrected chi connectivity index (χ3v) is 6.87. The topological polar surface area (TPSA) is 237 Å². The van der Waals surface area contributed by atoms with Gasteiger partial charge in [0.1, 0.15) is 18.1 Å². The van der Waals surface area contributed by atoms with Crippen molar-refractivity contribution in [2.75, 3.05) is 13.1 Å². The van der Waals surface area contributed by atoms with Gasteiger partial charge in [-0.15, -0.1) is 0 Å². The number of aliphatic carboxylic acids is 1. The van der Waals surface area contributed by atoms with Gasteiger partial charge in [-0.05, 0) is 44.4 Å². The summed E-state index contributed by atoms with van der Waals surface area (Å²) in [6, 6.07) is -4.49. The molecule has 0 saturated carbocycles. The van der Waals surface area contributed by atoms with Crippen LogP contribution in [0.25, 0.3) is 0 Å². The van der Waals surface area contributed by atoms with Gasteiger partial charge in [0.05, 0.1) is 12.6 Å². The third kappa shape index (κ3) is 10.8. The monoisotopic (exact) mass is 579 g/mol. The zero-order valence-electron chi connectivity index (χ0n) is 23.4. The largest absolute Gasteiger partial charge is 0.550 e. The van der Waals surface area contributed by atoms with Crippen LogP contribution in [0.5, 0.6) is 0 Å². The van der Waals surface area contributed by atoms with E-state index in [1.807, 2.05) is 13.8 Å². The molecule has 2 aliphatic rings. The first-order valence-electron chi connectivity index (χ1n) is 13.8. The van der Waals surface area contributed by atoms with E-state index in [-0.39, 0.29) is 56.8 Å². The fraction of sp³-hybridized carbons (Fsp3) is 0.692. The minimum Gasteiger partial charge on any atom is -0.550 e. The summed E-state index contributed by atoms with van der Waals surface area (Å²) < 4.78 is 0. The normalized spacial score (nSPS) is 25.4. The number of carboxylic acids is 1. The molecule has 0 aromatic heterocycles. The van der Waals surface area contributed by atoms with Crippen molar-refractivity contribution >= 4 is 47.2 Å². The lowest BCUT2D eigenvalue weighted by atomic mass is 10.0. The number of primary amides is 1. The molecule has 0 aliphatic carbocycles. The molecule has 6 N–H and O–H groups in total. The van der Waals surface area contributed by atoms with E-state index in [0.717, 1.165) is 0 Å². The predicted molar refractivity (Wildman–Crippen MR) is 140 cm³/mol. The smallest absolute Gasteiger partial charge is 0.245 e. The molecule has 2 aliphatic heterocycles. The van der Waals surface area contributed by atoms with Gasteiger partial charge in [-0.2, -0.15) is 0 Å². The quantitative estimate of drug-likeness (QED) is 0.194. The third-order valence-electron chi connectivity index (χ3n) is 6.87. The molecule has 2 saturated heterocycles. The zero-order valence-corrected chi connectivity index (χ0v) is 23.4. The van der Waals surface area contributed by atoms with Gasteiger partial charge in [-0.3, -0.25) is 33.6 Å². The predicted octanol–water partition coefficient (Wildman–Crippen LogP) is -3.25. The molecular formula is C26H39N6O9-. The first-order valence-corrected chi connectivity index (χ1v) is 13.8. The van der Waals surface area contributed by atoms with Crippen molar-refractivity contribution < 1.29 is 43.5 Å². The summed E-state index contributed by atoms with van der Waals surface area (Å²) in [5, 5.41) is 20.9. The lowest BCUT2D eigenvalue weighted by Crippen LogP contribution is -2.56. The Morgan fingerprint density at radius 3 is 2.20 bits per heavy atom. The van der Waals surface area contributed by atoms with Crippen molar-refractivity contribution in [3.8, 4) is 0 Å². The van der Waals surface area contributed by atoms with Gasteiger partial charge in [0.2, 0.25) is 35.4 Å². The maximum absolute atomic E-state index is 13.3. The number of ketones is 1. The van der Waals surface area contributed by atoms with Gasteiger partial charge in [0.25, 0.3) is 0 Å². The molecule has 15 nitrogen and oxygen atoms in total. The summed E-state index contributed by atoms with van der Waals surface area (Å²) in [7, 11) is 0. The summed E-state index contributed by atoms with van der Waals surface area (Å²) in [5.74, 6) is -6.13. The molecule has 228 valence electrons. The Bertz CT molecular complexity index is 1050. The summed E-state index contributed by atoms with van der Waals surface area (Å²) >= 11 is 0. The molecule has 0 radical (unpaired) electrons. The van der Waals surface area contributed by atoms with Crippen LogP contribution in [0.3, 0.4) is 0 Å². The molecule has 0 aromatic rings. The van der Waals surface area contributed by atoms with Crippen LogP contribution in [0.1, 0.15) is 71.6 Å². The van der Waals surface area contributed by atoms with Crippen molar-refractivity contribution in [3.63, 3.8) is 0 Å². The van der Waals surface area contributed by atoms with Crippen LogP contribution < -0.4 is 32.1 Å². The average Bonchev–Trinajstić information content (AvgIpc) is 3.39. The maximum Gasteiger partial charge on any atom is 0.245 e. The first-order chi connectivity index (χ1) is 19.3. The lowest BCUT2D eigenvalue weighted by Gasteiger charge is -2.29. The van der Waals surface area contributed by atoms with Gasteiger partial charge >= 0.3 is 0 Å². The maximum atomic E-state index is 13.3. The van der Waals surface area contributed by atoms with E-state index in [9.17, 15) is 43.5 Å². The summed E-state index contributed by atoms with van der Waals surface area (Å²) in [4.78, 5) is 101. The van der Waals surface area contributed by atoms with Crippen molar-refractivity contribution in [1.29, 1.82) is 0 Å². The molecule has 0 spiro atoms. The number of fused-ring (bicyclic) bond motifs is 1. The molecule has 2 fully saturated rings. The fourth-order valence-electron chi connectivity index (χ4n) is 4.82. The highest BCUT2D eigenvalue weighted by Gasteiger charge is 2.37. The number of nitrogens with two attached hydrogens (primary N) is 1. The van der Waals surface area contributed by atoms with Gasteiger partial charge in [-0.1, -0.05) is 13.8 Å². The molecular weight excluding hydrogens is 540 g/mol. The number of rotatable bonds is 8. The van der Waals surface area contributed by atoms with Crippen LogP contribution in [0.4, 0.5) is 0 Å². The molecule has 0 aromatic carbocycles. The number of Topliss-reactive ketones (excluding diaryl/α,β-unsaturated/α-hetero) is 1. The highest BCUT2D eigenvalue weighted by Crippen LogP contribution is 2.22. The standard InChI is InChI=1S/C26H40N6O9/c1-14(2)12-17-25(40)31-15(5-8-20(27)34)24(39)28-13-22(36)29-16(6-10-23(37)38)26(41)32-11-3-4-18(32)19(33)7-9-21(35)30-17/h14-18H,3-13H2,1-2H3,(H2,27,34)(H,28,39)(H,29,36)(H,30,35)(H,31,40)(H,37,38)/p-1/t15-,16-,17-,18-/m0/s1. The van der Waals surface area contributed by atoms with Crippen molar-refractivity contribution in [2.24, 2.45) is 11.7 Å². The Kier molecular flexibility index (Phi) is 12.7. The molecule has 2 heterocycles. The summed E-state index contributed by atoms with van der Waals surface area (Å²) in [6.07, 6.45) is -0.714. The van der Waals surface area contributed by atoms with E-state index in [1.165, 1.54) is 4.90 Å². The Hall–Kier alpha value is -4.04. The van der Waals surface area contributed by atoms with Crippen LogP contribution in [-0.4, -0.2) is 89.4 Å². The van der Waals surface area contributed by atoms with E-state index in [2.05, 4.69) is 21.3 Å². The van der Waals surface area contributed by atoms with Crippen LogP contribution >= 0.6 is 0 Å². The molecule has 0 unspecified atom stereocenters. The Morgan fingerprint density at radius 1 is 0.902 bits per heavy atom. The molecule has 41 heavy (non-hydrogen) atoms. The van der Waals surface area contributed by atoms with Crippen molar-refractivity contribution in [3.05, 3.63) is 0 Å². The number of hydrogen-bond donors (Lipinski definition) is 5. The minimum absolute atomic E-state index is 0.0324. The van der Waals surface area contributed by atoms with Crippen molar-refractivity contribution in [2.45, 2.75) is 95.8 Å². The highest BCUT2D eigenvalue weighted by atomic mass is 16.4. The lowest BCUT2D eigenvalue weighted by molar-refractivity contribution is -0.305. The average molecular weight is 580 g/mol. The van der Waals surface area contributed by atoms with Gasteiger partial charge in [0, 0.05) is 31.8 Å². The van der Waals surface area contributed by atoms with Crippen LogP contribution in [0.2, 0.25) is 0 Å². The van der Waals surface area contributed by atoms with Gasteiger partial charge in [0.15, 0.2) is 5.78 Å². The minimum atomic E-state index is -1.44. The van der Waals surface area contributed by atoms with Crippen LogP contribution in [0.15, 0.2) is 0 Å². The number of carbonyl (C=O) groups is 8. The summed E-state index contributed by atoms with van der Waals surface area (Å²) in [6.45, 7) is 3.23. The molecule has 6 amide bonds. The van der Waals surface area contributed by atoms with E-state index in [1.54, 1.807) is 0 Å². The van der Waals surface area contributed by atoms with E-state index < -0.39 is 78.5 Å². The Balaban J connectivity index is 2.36. The number of nitrogens with zero attached hydrogens (tertiary/aromatic N) is 1. The second-order valence-corrected chi connectivity index (χ2v) is 10.7. The molecule has 15 heteroatoms. The highest BCUT2D eigenvalue weighted by molar-refractivity contribution is 5.97. The Morgan fingerprint density at radius 2 is 1.56 bits per heavy atom. The van der Waals surface area contributed by atoms with E-state index in [4.69, 9.17) is 5.73 Å². The zero-order chi connectivity index (χ0) is 30.7. The van der Waals surface area contributed by atoms with Crippen molar-refractivity contribution in [1.82, 2.24) is 26.2 Å². The first kappa shape index (κ1) is 33.2. The Labute approximate surface area is 237 Å². The van der Waals surface area contributed by atoms with Crippen LogP contribution in [-0.2, 0) is 38.4 Å². The number of carboxylic acid groups (broad SMARTS) is 1. The van der Waals surface area contributed by atoms with E-state index in [0.29, 0.717) is 12.8 Å². The van der Waals surface area contributed by atoms with Gasteiger partial charge in [-0.25, -0.2) is 0 Å². The number of hydrogen-bond acceptors (Lipinski definition) is 9. The second-order valence-electron chi connectivity index (χ2n) is 10.7. The van der Waals surface area contributed by atoms with Crippen LogP contribution in [0, 0.1) is 5.92 Å². The van der Waals surface area contributed by atoms with E-state index >= 15 is 0 Å². The second kappa shape index (κ2) is 15.7. The summed E-state index contributed by atoms with van der Waals surface area (Å²) in [5.41, 5.74) is 5.20. The number of amides is 6.